The van der Waals surface area contributed by atoms with Gasteiger partial charge < -0.3 is 4.74 Å². The van der Waals surface area contributed by atoms with Crippen LogP contribution in [0.25, 0.3) is 0 Å². The lowest BCUT2D eigenvalue weighted by molar-refractivity contribution is -0.139. The van der Waals surface area contributed by atoms with Gasteiger partial charge in [0.05, 0.1) is 12.3 Å². The number of hydrogen-bond donors (Lipinski definition) is 1. The molecule has 2 atom stereocenters. The first kappa shape index (κ1) is 18.6. The summed E-state index contributed by atoms with van der Waals surface area (Å²) in [4.78, 5) is 17.1. The summed E-state index contributed by atoms with van der Waals surface area (Å²) in [6.07, 6.45) is 1.02. The van der Waals surface area contributed by atoms with Crippen LogP contribution in [0.2, 0.25) is 5.02 Å². The second-order valence-electron chi connectivity index (χ2n) is 6.16. The Hall–Kier alpha value is -2.22. The average Bonchev–Trinajstić information content (AvgIpc) is 2.90. The molecule has 0 aromatic heterocycles. The van der Waals surface area contributed by atoms with Crippen LogP contribution in [0.5, 0.6) is 0 Å². The normalized spacial score (nSPS) is 21.2. The Morgan fingerprint density at radius 1 is 1.12 bits per heavy atom. The Balaban J connectivity index is 2.12. The van der Waals surface area contributed by atoms with Crippen LogP contribution in [0, 0.1) is 0 Å². The van der Waals surface area contributed by atoms with Crippen LogP contribution in [0.3, 0.4) is 0 Å². The highest BCUT2D eigenvalue weighted by atomic mass is 35.5. The molecule has 136 valence electrons. The van der Waals surface area contributed by atoms with Crippen molar-refractivity contribution in [2.24, 2.45) is 4.99 Å². The maximum absolute atomic E-state index is 12.7. The number of nitrogens with one attached hydrogen (secondary N) is 1. The lowest BCUT2D eigenvalue weighted by Crippen LogP contribution is -2.46. The van der Waals surface area contributed by atoms with E-state index in [-0.39, 0.29) is 5.90 Å². The molecular weight excluding hydrogens is 376 g/mol. The number of carbonyl (C=O) groups is 1. The van der Waals surface area contributed by atoms with Crippen molar-refractivity contribution in [3.63, 3.8) is 0 Å². The molecule has 0 aliphatic carbocycles. The van der Waals surface area contributed by atoms with Crippen molar-refractivity contribution in [2.75, 3.05) is 6.26 Å². The summed E-state index contributed by atoms with van der Waals surface area (Å²) in [7, 11) is -3.66. The van der Waals surface area contributed by atoms with E-state index in [0.29, 0.717) is 16.1 Å². The first-order chi connectivity index (χ1) is 12.2. The minimum absolute atomic E-state index is 0.144. The number of aliphatic imine (C=N–C) groups is 1. The predicted octanol–water partition coefficient (Wildman–Crippen LogP) is 2.69. The van der Waals surface area contributed by atoms with E-state index in [1.807, 2.05) is 6.07 Å². The highest BCUT2D eigenvalue weighted by Gasteiger charge is 2.50. The molecule has 0 radical (unpaired) electrons. The highest BCUT2D eigenvalue weighted by molar-refractivity contribution is 7.88. The number of carbonyl (C=O) groups excluding carboxylic acids is 1. The molecule has 0 saturated heterocycles. The monoisotopic (exact) mass is 392 g/mol. The van der Waals surface area contributed by atoms with Gasteiger partial charge in [-0.2, -0.15) is 0 Å². The predicted molar refractivity (Wildman–Crippen MR) is 99.6 cm³/mol. The third-order valence-corrected chi connectivity index (χ3v) is 5.08. The van der Waals surface area contributed by atoms with Gasteiger partial charge in [0.15, 0.2) is 5.54 Å². The molecule has 1 aliphatic heterocycles. The van der Waals surface area contributed by atoms with Gasteiger partial charge in [-0.05, 0) is 30.7 Å². The second-order valence-corrected chi connectivity index (χ2v) is 8.35. The van der Waals surface area contributed by atoms with Crippen LogP contribution < -0.4 is 4.72 Å². The molecule has 0 bridgehead atoms. The van der Waals surface area contributed by atoms with E-state index in [4.69, 9.17) is 16.3 Å². The number of benzene rings is 2. The minimum Gasteiger partial charge on any atom is -0.405 e. The zero-order chi connectivity index (χ0) is 18.9. The van der Waals surface area contributed by atoms with Crippen molar-refractivity contribution >= 4 is 33.5 Å². The van der Waals surface area contributed by atoms with E-state index in [1.54, 1.807) is 48.5 Å². The summed E-state index contributed by atoms with van der Waals surface area (Å²) in [5.41, 5.74) is -0.432. The molecule has 0 saturated carbocycles. The number of nitrogens with zero attached hydrogens (tertiary/aromatic N) is 1. The molecule has 1 heterocycles. The van der Waals surface area contributed by atoms with Gasteiger partial charge in [0, 0.05) is 10.6 Å². The maximum atomic E-state index is 12.7. The third kappa shape index (κ3) is 3.65. The lowest BCUT2D eigenvalue weighted by Gasteiger charge is -2.29. The summed E-state index contributed by atoms with van der Waals surface area (Å²) in [5, 5.41) is 0.325. The van der Waals surface area contributed by atoms with E-state index >= 15 is 0 Å². The minimum atomic E-state index is -3.66. The largest absolute Gasteiger partial charge is 0.405 e. The molecule has 0 amide bonds. The Bertz CT molecular complexity index is 976. The zero-order valence-electron chi connectivity index (χ0n) is 14.1. The molecule has 1 aliphatic rings. The van der Waals surface area contributed by atoms with Gasteiger partial charge in [-0.3, -0.25) is 0 Å². The molecule has 8 heteroatoms. The van der Waals surface area contributed by atoms with Gasteiger partial charge in [-0.25, -0.2) is 22.9 Å². The zero-order valence-corrected chi connectivity index (χ0v) is 15.7. The number of sulfonamides is 1. The molecule has 1 N–H and O–H groups in total. The Morgan fingerprint density at radius 3 is 2.35 bits per heavy atom. The van der Waals surface area contributed by atoms with Crippen molar-refractivity contribution in [2.45, 2.75) is 18.5 Å². The number of esters is 1. The number of hydrogen-bond acceptors (Lipinski definition) is 5. The smallest absolute Gasteiger partial charge is 0.342 e. The van der Waals surface area contributed by atoms with Gasteiger partial charge in [-0.1, -0.05) is 48.0 Å². The van der Waals surface area contributed by atoms with Crippen molar-refractivity contribution in [1.82, 2.24) is 4.72 Å². The van der Waals surface area contributed by atoms with Crippen LogP contribution in [0.15, 0.2) is 59.6 Å². The Kier molecular flexibility index (Phi) is 4.88. The third-order valence-electron chi connectivity index (χ3n) is 4.07. The van der Waals surface area contributed by atoms with E-state index in [2.05, 4.69) is 9.71 Å². The fourth-order valence-corrected chi connectivity index (χ4v) is 3.79. The van der Waals surface area contributed by atoms with E-state index < -0.39 is 27.6 Å². The van der Waals surface area contributed by atoms with Gasteiger partial charge in [0.25, 0.3) is 0 Å². The molecular formula is C18H17ClN2O4S. The molecule has 2 aromatic rings. The van der Waals surface area contributed by atoms with Crippen molar-refractivity contribution < 1.29 is 17.9 Å². The fraction of sp³-hybridized carbons (Fsp3) is 0.222. The van der Waals surface area contributed by atoms with Crippen molar-refractivity contribution in [3.05, 3.63) is 70.7 Å². The summed E-state index contributed by atoms with van der Waals surface area (Å²) < 4.78 is 31.7. The number of ether oxygens (including phenoxy) is 1. The number of halogens is 1. The summed E-state index contributed by atoms with van der Waals surface area (Å²) in [6, 6.07) is 14.6. The molecule has 0 spiro atoms. The summed E-state index contributed by atoms with van der Waals surface area (Å²) in [6.45, 7) is 1.53. The van der Waals surface area contributed by atoms with E-state index in [9.17, 15) is 13.2 Å². The molecule has 2 aromatic carbocycles. The van der Waals surface area contributed by atoms with E-state index in [1.165, 1.54) is 6.92 Å². The summed E-state index contributed by atoms with van der Waals surface area (Å²) >= 11 is 6.25. The van der Waals surface area contributed by atoms with Crippen molar-refractivity contribution in [3.8, 4) is 0 Å². The van der Waals surface area contributed by atoms with Gasteiger partial charge in [0.1, 0.15) is 0 Å². The Labute approximate surface area is 156 Å². The van der Waals surface area contributed by atoms with Crippen LogP contribution in [-0.2, 0) is 19.6 Å². The van der Waals surface area contributed by atoms with Crippen molar-refractivity contribution in [1.29, 1.82) is 0 Å². The Morgan fingerprint density at radius 2 is 1.73 bits per heavy atom. The van der Waals surface area contributed by atoms with E-state index in [0.717, 1.165) is 6.26 Å². The van der Waals surface area contributed by atoms with Crippen LogP contribution in [-0.4, -0.2) is 32.1 Å². The quantitative estimate of drug-likeness (QED) is 0.793. The molecule has 26 heavy (non-hydrogen) atoms. The topological polar surface area (TPSA) is 84.8 Å². The first-order valence-electron chi connectivity index (χ1n) is 7.80. The summed E-state index contributed by atoms with van der Waals surface area (Å²) in [5.74, 6) is -0.511. The first-order valence-corrected chi connectivity index (χ1v) is 10.1. The van der Waals surface area contributed by atoms with Gasteiger partial charge in [-0.15, -0.1) is 0 Å². The maximum Gasteiger partial charge on any atom is 0.342 e. The molecule has 0 fully saturated rings. The fourth-order valence-electron chi connectivity index (χ4n) is 2.76. The van der Waals surface area contributed by atoms with Crippen LogP contribution >= 0.6 is 11.6 Å². The average molecular weight is 393 g/mol. The molecule has 0 unspecified atom stereocenters. The molecule has 6 nitrogen and oxygen atoms in total. The van der Waals surface area contributed by atoms with Crippen LogP contribution in [0.1, 0.15) is 24.1 Å². The van der Waals surface area contributed by atoms with Crippen LogP contribution in [0.4, 0.5) is 0 Å². The second kappa shape index (κ2) is 6.83. The van der Waals surface area contributed by atoms with Gasteiger partial charge in [0.2, 0.25) is 15.9 Å². The molecule has 3 rings (SSSR count). The lowest BCUT2D eigenvalue weighted by atomic mass is 9.88. The SMILES string of the molecule is C[C@]1([C@H](NS(C)(=O)=O)c2ccccc2Cl)N=C(c2ccccc2)OC1=O. The standard InChI is InChI=1S/C18H17ClN2O4S/c1-18(17(22)25-16(20-18)12-8-4-3-5-9-12)15(21-26(2,23)24)13-10-6-7-11-14(13)19/h3-11,15,21H,1-2H3/t15-,18-/m1/s1. The number of cyclic esters (lactones) is 1. The number of rotatable bonds is 5. The van der Waals surface area contributed by atoms with Gasteiger partial charge >= 0.3 is 5.97 Å². The highest BCUT2D eigenvalue weighted by Crippen LogP contribution is 2.38.